The highest BCUT2D eigenvalue weighted by Crippen LogP contribution is 2.30. The SMILES string of the molecule is C/C=C/Cc1cn(CCC2CCCCC2)c(=O)n1Cc1ccc(-c2ccccc2-c2nnn[nH]2)cc1. The zero-order chi connectivity index (χ0) is 24.7. The van der Waals surface area contributed by atoms with Gasteiger partial charge in [-0.15, -0.1) is 5.10 Å². The van der Waals surface area contributed by atoms with Crippen LogP contribution in [0.2, 0.25) is 0 Å². The molecule has 1 aliphatic carbocycles. The second kappa shape index (κ2) is 11.3. The number of rotatable bonds is 9. The summed E-state index contributed by atoms with van der Waals surface area (Å²) >= 11 is 0. The van der Waals surface area contributed by atoms with Gasteiger partial charge in [0.2, 0.25) is 0 Å². The van der Waals surface area contributed by atoms with Crippen molar-refractivity contribution in [1.29, 1.82) is 0 Å². The molecular formula is C29H34N6O. The monoisotopic (exact) mass is 482 g/mol. The Bertz CT molecular complexity index is 1340. The molecule has 0 amide bonds. The Morgan fingerprint density at radius 3 is 2.53 bits per heavy atom. The van der Waals surface area contributed by atoms with Crippen molar-refractivity contribution in [2.45, 2.75) is 65.0 Å². The highest BCUT2D eigenvalue weighted by molar-refractivity contribution is 5.80. The van der Waals surface area contributed by atoms with Gasteiger partial charge in [-0.2, -0.15) is 0 Å². The summed E-state index contributed by atoms with van der Waals surface area (Å²) in [7, 11) is 0. The first-order valence-corrected chi connectivity index (χ1v) is 13.1. The zero-order valence-corrected chi connectivity index (χ0v) is 20.9. The van der Waals surface area contributed by atoms with Gasteiger partial charge in [-0.3, -0.25) is 9.13 Å². The van der Waals surface area contributed by atoms with E-state index >= 15 is 0 Å². The van der Waals surface area contributed by atoms with E-state index in [-0.39, 0.29) is 5.69 Å². The van der Waals surface area contributed by atoms with Crippen LogP contribution in [0.4, 0.5) is 0 Å². The number of aryl methyl sites for hydroxylation is 1. The van der Waals surface area contributed by atoms with Crippen LogP contribution in [0.5, 0.6) is 0 Å². The van der Waals surface area contributed by atoms with Crippen molar-refractivity contribution in [3.63, 3.8) is 0 Å². The van der Waals surface area contributed by atoms with Gasteiger partial charge in [-0.25, -0.2) is 9.89 Å². The lowest BCUT2D eigenvalue weighted by Gasteiger charge is -2.21. The van der Waals surface area contributed by atoms with Gasteiger partial charge in [0.05, 0.1) is 6.54 Å². The van der Waals surface area contributed by atoms with Gasteiger partial charge in [-0.05, 0) is 46.4 Å². The topological polar surface area (TPSA) is 81.4 Å². The molecule has 7 nitrogen and oxygen atoms in total. The molecule has 0 unspecified atom stereocenters. The molecule has 0 bridgehead atoms. The normalized spacial score (nSPS) is 14.6. The van der Waals surface area contributed by atoms with Crippen molar-refractivity contribution in [3.05, 3.63) is 88.6 Å². The number of allylic oxidation sites excluding steroid dienone is 2. The predicted octanol–water partition coefficient (Wildman–Crippen LogP) is 5.63. The van der Waals surface area contributed by atoms with Crippen molar-refractivity contribution in [1.82, 2.24) is 29.8 Å². The van der Waals surface area contributed by atoms with E-state index in [2.05, 4.69) is 63.2 Å². The molecule has 0 atom stereocenters. The van der Waals surface area contributed by atoms with Crippen LogP contribution < -0.4 is 5.69 Å². The summed E-state index contributed by atoms with van der Waals surface area (Å²) in [4.78, 5) is 13.4. The van der Waals surface area contributed by atoms with Crippen LogP contribution >= 0.6 is 0 Å². The number of H-pyrrole nitrogens is 1. The van der Waals surface area contributed by atoms with E-state index in [0.717, 1.165) is 53.3 Å². The van der Waals surface area contributed by atoms with E-state index in [9.17, 15) is 4.79 Å². The molecule has 7 heteroatoms. The van der Waals surface area contributed by atoms with Gasteiger partial charge in [0.25, 0.3) is 0 Å². The maximum absolute atomic E-state index is 13.4. The molecule has 186 valence electrons. The summed E-state index contributed by atoms with van der Waals surface area (Å²) in [5.41, 5.74) is 5.35. The Balaban J connectivity index is 1.36. The average Bonchev–Trinajstić information content (AvgIpc) is 3.56. The van der Waals surface area contributed by atoms with Crippen LogP contribution in [0.15, 0.2) is 71.7 Å². The lowest BCUT2D eigenvalue weighted by molar-refractivity contribution is 0.322. The van der Waals surface area contributed by atoms with Crippen LogP contribution in [0, 0.1) is 5.92 Å². The first kappa shape index (κ1) is 24.0. The molecule has 1 aliphatic rings. The van der Waals surface area contributed by atoms with Crippen LogP contribution in [-0.2, 0) is 19.5 Å². The number of aromatic nitrogens is 6. The lowest BCUT2D eigenvalue weighted by atomic mass is 9.87. The summed E-state index contributed by atoms with van der Waals surface area (Å²) in [6.07, 6.45) is 14.8. The predicted molar refractivity (Wildman–Crippen MR) is 143 cm³/mol. The average molecular weight is 483 g/mol. The van der Waals surface area contributed by atoms with Gasteiger partial charge in [-0.1, -0.05) is 92.8 Å². The molecule has 1 fully saturated rings. The number of tetrazole rings is 1. The van der Waals surface area contributed by atoms with E-state index < -0.39 is 0 Å². The minimum atomic E-state index is 0.0950. The maximum atomic E-state index is 13.4. The number of hydrogen-bond acceptors (Lipinski definition) is 4. The van der Waals surface area contributed by atoms with Crippen molar-refractivity contribution < 1.29 is 0 Å². The molecule has 0 spiro atoms. The zero-order valence-electron chi connectivity index (χ0n) is 20.9. The van der Waals surface area contributed by atoms with Gasteiger partial charge in [0, 0.05) is 30.4 Å². The van der Waals surface area contributed by atoms with Crippen LogP contribution in [0.3, 0.4) is 0 Å². The Morgan fingerprint density at radius 1 is 1.03 bits per heavy atom. The molecule has 0 saturated heterocycles. The fraction of sp³-hybridized carbons (Fsp3) is 0.379. The fourth-order valence-electron chi connectivity index (χ4n) is 5.30. The van der Waals surface area contributed by atoms with Crippen molar-refractivity contribution in [3.8, 4) is 22.5 Å². The Morgan fingerprint density at radius 2 is 1.81 bits per heavy atom. The largest absolute Gasteiger partial charge is 0.328 e. The minimum absolute atomic E-state index is 0.0950. The second-order valence-corrected chi connectivity index (χ2v) is 9.74. The van der Waals surface area contributed by atoms with Crippen molar-refractivity contribution in [2.24, 2.45) is 5.92 Å². The van der Waals surface area contributed by atoms with Crippen LogP contribution in [-0.4, -0.2) is 29.8 Å². The minimum Gasteiger partial charge on any atom is -0.299 e. The smallest absolute Gasteiger partial charge is 0.299 e. The molecule has 1 saturated carbocycles. The number of nitrogens with one attached hydrogen (secondary N) is 1. The number of benzene rings is 2. The summed E-state index contributed by atoms with van der Waals surface area (Å²) in [5.74, 6) is 1.40. The molecule has 0 aliphatic heterocycles. The quantitative estimate of drug-likeness (QED) is 0.313. The maximum Gasteiger partial charge on any atom is 0.328 e. The number of nitrogens with zero attached hydrogens (tertiary/aromatic N) is 5. The number of imidazole rings is 1. The molecule has 36 heavy (non-hydrogen) atoms. The van der Waals surface area contributed by atoms with Crippen molar-refractivity contribution >= 4 is 0 Å². The van der Waals surface area contributed by atoms with Crippen LogP contribution in [0.25, 0.3) is 22.5 Å². The molecule has 2 aromatic heterocycles. The first-order chi connectivity index (χ1) is 17.7. The molecule has 2 aromatic carbocycles. The molecule has 0 radical (unpaired) electrons. The third-order valence-electron chi connectivity index (χ3n) is 7.33. The first-order valence-electron chi connectivity index (χ1n) is 13.1. The third-order valence-corrected chi connectivity index (χ3v) is 7.33. The lowest BCUT2D eigenvalue weighted by Crippen LogP contribution is -2.26. The highest BCUT2D eigenvalue weighted by Gasteiger charge is 2.16. The summed E-state index contributed by atoms with van der Waals surface area (Å²) in [6.45, 7) is 3.40. The Labute approximate surface area is 211 Å². The standard InChI is InChI=1S/C29H34N6O/c1-2-3-11-25-21-34(19-18-22-9-5-4-6-10-22)29(36)35(25)20-23-14-16-24(17-15-23)26-12-7-8-13-27(26)28-30-32-33-31-28/h2-3,7-8,12-17,21-22H,4-6,9-11,18-20H2,1H3,(H,30,31,32,33)/b3-2+. The second-order valence-electron chi connectivity index (χ2n) is 9.74. The van der Waals surface area contributed by atoms with Gasteiger partial charge < -0.3 is 0 Å². The molecule has 5 rings (SSSR count). The molecule has 1 N–H and O–H groups in total. The van der Waals surface area contributed by atoms with E-state index in [1.807, 2.05) is 40.3 Å². The number of hydrogen-bond donors (Lipinski definition) is 1. The van der Waals surface area contributed by atoms with Gasteiger partial charge in [0.1, 0.15) is 0 Å². The van der Waals surface area contributed by atoms with E-state index in [1.165, 1.54) is 32.1 Å². The van der Waals surface area contributed by atoms with E-state index in [1.54, 1.807) is 0 Å². The highest BCUT2D eigenvalue weighted by atomic mass is 16.1. The third kappa shape index (κ3) is 5.40. The molecule has 4 aromatic rings. The Hall–Kier alpha value is -3.74. The van der Waals surface area contributed by atoms with Crippen molar-refractivity contribution in [2.75, 3.05) is 0 Å². The summed E-state index contributed by atoms with van der Waals surface area (Å²) in [5, 5.41) is 14.4. The van der Waals surface area contributed by atoms with E-state index in [0.29, 0.717) is 12.4 Å². The summed E-state index contributed by atoms with van der Waals surface area (Å²) < 4.78 is 3.87. The van der Waals surface area contributed by atoms with E-state index in [4.69, 9.17) is 0 Å². The fourth-order valence-corrected chi connectivity index (χ4v) is 5.30. The number of aromatic amines is 1. The summed E-state index contributed by atoms with van der Waals surface area (Å²) in [6, 6.07) is 16.5. The van der Waals surface area contributed by atoms with Gasteiger partial charge >= 0.3 is 5.69 Å². The molecular weight excluding hydrogens is 448 g/mol. The van der Waals surface area contributed by atoms with Crippen LogP contribution in [0.1, 0.15) is 56.7 Å². The molecule has 2 heterocycles. The van der Waals surface area contributed by atoms with Gasteiger partial charge in [0.15, 0.2) is 5.82 Å². The Kier molecular flexibility index (Phi) is 7.55.